The highest BCUT2D eigenvalue weighted by Gasteiger charge is 2.31. The van der Waals surface area contributed by atoms with Crippen LogP contribution in [0.4, 0.5) is 18.9 Å². The van der Waals surface area contributed by atoms with Crippen LogP contribution >= 0.6 is 0 Å². The summed E-state index contributed by atoms with van der Waals surface area (Å²) in [5.74, 6) is 0. The Morgan fingerprint density at radius 1 is 0.683 bits per heavy atom. The zero-order chi connectivity index (χ0) is 30.3. The highest BCUT2D eigenvalue weighted by Crippen LogP contribution is 2.34. The molecular formula is C28H22F3N3O6S. The Morgan fingerprint density at radius 2 is 1.15 bits per heavy atom. The van der Waals surface area contributed by atoms with Crippen molar-refractivity contribution in [2.24, 2.45) is 7.05 Å². The summed E-state index contributed by atoms with van der Waals surface area (Å²) < 4.78 is 70.0. The first kappa shape index (κ1) is 28.0. The minimum Gasteiger partial charge on any atom is -0.280 e. The van der Waals surface area contributed by atoms with Gasteiger partial charge in [0.1, 0.15) is 0 Å². The topological polar surface area (TPSA) is 124 Å². The van der Waals surface area contributed by atoms with Crippen LogP contribution in [0.5, 0.6) is 0 Å². The molecule has 0 fully saturated rings. The molecule has 0 amide bonds. The van der Waals surface area contributed by atoms with Crippen molar-refractivity contribution < 1.29 is 21.6 Å². The number of benzene rings is 3. The van der Waals surface area contributed by atoms with Gasteiger partial charge in [0.15, 0.2) is 0 Å². The van der Waals surface area contributed by atoms with Crippen LogP contribution in [0.2, 0.25) is 0 Å². The van der Waals surface area contributed by atoms with Gasteiger partial charge in [0.2, 0.25) is 0 Å². The predicted octanol–water partition coefficient (Wildman–Crippen LogP) is 3.49. The number of hydrogen-bond donors (Lipinski definition) is 1. The molecule has 1 N–H and O–H groups in total. The maximum Gasteiger partial charge on any atom is 0.416 e. The molecule has 0 radical (unpaired) electrons. The number of anilines is 1. The molecule has 2 aromatic heterocycles. The van der Waals surface area contributed by atoms with Gasteiger partial charge in [0.25, 0.3) is 32.3 Å². The molecular weight excluding hydrogens is 563 g/mol. The lowest BCUT2D eigenvalue weighted by molar-refractivity contribution is -0.137. The third kappa shape index (κ3) is 4.10. The fraction of sp³-hybridized carbons (Fsp3) is 0.214. The van der Waals surface area contributed by atoms with Gasteiger partial charge in [-0.25, -0.2) is 13.0 Å². The molecule has 0 atom stereocenters. The average molecular weight is 586 g/mol. The first-order valence-corrected chi connectivity index (χ1v) is 13.6. The van der Waals surface area contributed by atoms with E-state index in [1.165, 1.54) is 26.1 Å². The largest absolute Gasteiger partial charge is 0.416 e. The van der Waals surface area contributed by atoms with Crippen LogP contribution in [0.15, 0.2) is 60.5 Å². The SMILES string of the molecule is Cc1c(C)c(-n2c(=O)c3cc4c(=O)n(C)c(=O)c4cc3c2=O)c(C)c(S(=O)(=O)Nc2ccc(C(F)(F)F)cc2)c1C. The minimum atomic E-state index is -4.60. The monoisotopic (exact) mass is 585 g/mol. The Morgan fingerprint density at radius 3 is 1.61 bits per heavy atom. The van der Waals surface area contributed by atoms with Gasteiger partial charge < -0.3 is 0 Å². The summed E-state index contributed by atoms with van der Waals surface area (Å²) in [6.45, 7) is 6.20. The van der Waals surface area contributed by atoms with E-state index in [1.807, 2.05) is 0 Å². The Kier molecular flexibility index (Phi) is 6.15. The van der Waals surface area contributed by atoms with Gasteiger partial charge in [0, 0.05) is 12.7 Å². The fourth-order valence-electron chi connectivity index (χ4n) is 5.27. The first-order valence-electron chi connectivity index (χ1n) is 12.2. The van der Waals surface area contributed by atoms with E-state index in [0.29, 0.717) is 16.7 Å². The maximum atomic E-state index is 13.6. The summed E-state index contributed by atoms with van der Waals surface area (Å²) in [7, 11) is -3.14. The lowest BCUT2D eigenvalue weighted by atomic mass is 9.98. The molecule has 0 saturated carbocycles. The van der Waals surface area contributed by atoms with Crippen LogP contribution in [0.25, 0.3) is 27.2 Å². The van der Waals surface area contributed by atoms with Gasteiger partial charge in [-0.1, -0.05) is 0 Å². The van der Waals surface area contributed by atoms with E-state index in [4.69, 9.17) is 0 Å². The first-order chi connectivity index (χ1) is 19.0. The zero-order valence-corrected chi connectivity index (χ0v) is 23.2. The molecule has 0 aliphatic carbocycles. The van der Waals surface area contributed by atoms with Crippen molar-refractivity contribution in [2.45, 2.75) is 38.8 Å². The van der Waals surface area contributed by atoms with Crippen molar-refractivity contribution >= 4 is 37.3 Å². The number of alkyl halides is 3. The quantitative estimate of drug-likeness (QED) is 0.345. The van der Waals surface area contributed by atoms with Crippen molar-refractivity contribution in [3.63, 3.8) is 0 Å². The molecule has 0 saturated heterocycles. The minimum absolute atomic E-state index is 0.0158. The Labute approximate surface area is 229 Å². The van der Waals surface area contributed by atoms with E-state index < -0.39 is 44.0 Å². The normalized spacial score (nSPS) is 12.5. The number of aromatic nitrogens is 2. The van der Waals surface area contributed by atoms with Crippen LogP contribution in [0, 0.1) is 27.7 Å². The lowest BCUT2D eigenvalue weighted by Gasteiger charge is -2.21. The third-order valence-corrected chi connectivity index (χ3v) is 9.22. The number of halogens is 3. The summed E-state index contributed by atoms with van der Waals surface area (Å²) in [5, 5.41) is -0.238. The van der Waals surface area contributed by atoms with Crippen LogP contribution in [0.3, 0.4) is 0 Å². The number of fused-ring (bicyclic) bond motifs is 2. The Balaban J connectivity index is 1.75. The average Bonchev–Trinajstić information content (AvgIpc) is 3.25. The summed E-state index contributed by atoms with van der Waals surface area (Å²) in [6.07, 6.45) is -4.60. The molecule has 0 aliphatic rings. The number of nitrogens with one attached hydrogen (secondary N) is 1. The van der Waals surface area contributed by atoms with Crippen LogP contribution in [-0.4, -0.2) is 17.6 Å². The second-order valence-corrected chi connectivity index (χ2v) is 11.5. The van der Waals surface area contributed by atoms with Gasteiger partial charge in [-0.3, -0.25) is 28.5 Å². The van der Waals surface area contributed by atoms with Crippen molar-refractivity contribution in [3.05, 3.63) is 106 Å². The zero-order valence-electron chi connectivity index (χ0n) is 22.4. The van der Waals surface area contributed by atoms with Gasteiger partial charge in [0.05, 0.1) is 37.7 Å². The number of nitrogens with zero attached hydrogens (tertiary/aromatic N) is 2. The van der Waals surface area contributed by atoms with Crippen molar-refractivity contribution in [1.29, 1.82) is 0 Å². The number of sulfonamides is 1. The van der Waals surface area contributed by atoms with Crippen LogP contribution < -0.4 is 27.0 Å². The van der Waals surface area contributed by atoms with E-state index in [-0.39, 0.29) is 43.4 Å². The Bertz CT molecular complexity index is 2180. The fourth-order valence-corrected chi connectivity index (χ4v) is 6.87. The van der Waals surface area contributed by atoms with Gasteiger partial charge >= 0.3 is 6.18 Å². The van der Waals surface area contributed by atoms with Crippen molar-refractivity contribution in [3.8, 4) is 5.69 Å². The third-order valence-electron chi connectivity index (χ3n) is 7.57. The highest BCUT2D eigenvalue weighted by atomic mass is 32.2. The summed E-state index contributed by atoms with van der Waals surface area (Å²) in [6, 6.07) is 5.85. The molecule has 0 bridgehead atoms. The van der Waals surface area contributed by atoms with Crippen LogP contribution in [0.1, 0.15) is 27.8 Å². The molecule has 0 unspecified atom stereocenters. The van der Waals surface area contributed by atoms with E-state index in [1.54, 1.807) is 20.8 Å². The second-order valence-electron chi connectivity index (χ2n) is 9.92. The van der Waals surface area contributed by atoms with E-state index in [0.717, 1.165) is 33.4 Å². The second kappa shape index (κ2) is 8.99. The van der Waals surface area contributed by atoms with Gasteiger partial charge in [-0.2, -0.15) is 13.2 Å². The van der Waals surface area contributed by atoms with E-state index in [9.17, 15) is 40.8 Å². The lowest BCUT2D eigenvalue weighted by Crippen LogP contribution is -2.27. The molecule has 41 heavy (non-hydrogen) atoms. The summed E-state index contributed by atoms with van der Waals surface area (Å²) in [5.41, 5.74) is -2.60. The summed E-state index contributed by atoms with van der Waals surface area (Å²) >= 11 is 0. The number of rotatable bonds is 4. The molecule has 13 heteroatoms. The number of hydrogen-bond acceptors (Lipinski definition) is 6. The maximum absolute atomic E-state index is 13.6. The van der Waals surface area contributed by atoms with Crippen molar-refractivity contribution in [1.82, 2.24) is 9.13 Å². The molecule has 212 valence electrons. The predicted molar refractivity (Wildman–Crippen MR) is 148 cm³/mol. The van der Waals surface area contributed by atoms with Crippen LogP contribution in [-0.2, 0) is 23.2 Å². The standard InChI is InChI=1S/C28H22F3N3O6S/c1-12-13(2)22(34-26(37)20-10-18-19(11-21(20)27(34)38)25(36)33(5)24(18)35)15(4)23(14(12)3)41(39,40)32-17-8-6-16(7-9-17)28(29,30)31/h6-11,32H,1-5H3. The van der Waals surface area contributed by atoms with Gasteiger partial charge in [-0.05, 0) is 86.3 Å². The molecule has 9 nitrogen and oxygen atoms in total. The highest BCUT2D eigenvalue weighted by molar-refractivity contribution is 7.92. The van der Waals surface area contributed by atoms with E-state index in [2.05, 4.69) is 4.72 Å². The molecule has 5 rings (SSSR count). The molecule has 3 aromatic carbocycles. The van der Waals surface area contributed by atoms with Gasteiger partial charge in [-0.15, -0.1) is 0 Å². The molecule has 0 spiro atoms. The van der Waals surface area contributed by atoms with Crippen molar-refractivity contribution in [2.75, 3.05) is 4.72 Å². The smallest absolute Gasteiger partial charge is 0.280 e. The Hall–Kier alpha value is -4.52. The van der Waals surface area contributed by atoms with E-state index >= 15 is 0 Å². The molecule has 2 heterocycles. The molecule has 0 aliphatic heterocycles. The summed E-state index contributed by atoms with van der Waals surface area (Å²) in [4.78, 5) is 51.9. The molecule has 5 aromatic rings.